The molecule has 0 spiro atoms. The zero-order chi connectivity index (χ0) is 17.9. The monoisotopic (exact) mass is 318 g/mol. The molecule has 0 saturated heterocycles. The zero-order valence-corrected chi connectivity index (χ0v) is 15.0. The lowest BCUT2D eigenvalue weighted by molar-refractivity contribution is -0.126. The molecule has 1 atom stereocenters. The molecule has 23 heavy (non-hydrogen) atoms. The lowest BCUT2D eigenvalue weighted by Gasteiger charge is -2.28. The number of aryl methyl sites for hydroxylation is 1. The highest BCUT2D eigenvalue weighted by Gasteiger charge is 2.26. The van der Waals surface area contributed by atoms with Gasteiger partial charge < -0.3 is 10.2 Å². The number of nitrogens with zero attached hydrogens (tertiary/aromatic N) is 1. The first-order valence-electron chi connectivity index (χ1n) is 7.65. The third kappa shape index (κ3) is 4.91. The van der Waals surface area contributed by atoms with Gasteiger partial charge in [0.15, 0.2) is 5.78 Å². The fourth-order valence-electron chi connectivity index (χ4n) is 2.16. The van der Waals surface area contributed by atoms with Crippen LogP contribution in [0, 0.1) is 6.92 Å². The molecule has 0 saturated carbocycles. The minimum Gasteiger partial charge on any atom is -0.350 e. The van der Waals surface area contributed by atoms with Crippen molar-refractivity contribution in [2.24, 2.45) is 0 Å². The number of likely N-dealkylation sites (N-methyl/N-ethyl adjacent to an activating group) is 1. The van der Waals surface area contributed by atoms with Crippen LogP contribution in [0.5, 0.6) is 0 Å². The van der Waals surface area contributed by atoms with Gasteiger partial charge in [0.25, 0.3) is 5.91 Å². The summed E-state index contributed by atoms with van der Waals surface area (Å²) < 4.78 is 0. The molecule has 0 aliphatic heterocycles. The van der Waals surface area contributed by atoms with Gasteiger partial charge in [0.1, 0.15) is 6.04 Å². The van der Waals surface area contributed by atoms with Crippen molar-refractivity contribution in [1.29, 1.82) is 0 Å². The van der Waals surface area contributed by atoms with Crippen LogP contribution in [0.3, 0.4) is 0 Å². The Morgan fingerprint density at radius 1 is 1.17 bits per heavy atom. The summed E-state index contributed by atoms with van der Waals surface area (Å²) in [6, 6.07) is 4.40. The van der Waals surface area contributed by atoms with Crippen molar-refractivity contribution in [2.75, 3.05) is 7.05 Å². The van der Waals surface area contributed by atoms with Crippen molar-refractivity contribution in [2.45, 2.75) is 53.1 Å². The summed E-state index contributed by atoms with van der Waals surface area (Å²) in [4.78, 5) is 37.8. The van der Waals surface area contributed by atoms with Gasteiger partial charge in [-0.15, -0.1) is 0 Å². The Hall–Kier alpha value is -2.17. The Morgan fingerprint density at radius 2 is 1.74 bits per heavy atom. The molecule has 0 radical (unpaired) electrons. The maximum atomic E-state index is 12.6. The highest BCUT2D eigenvalue weighted by atomic mass is 16.2. The number of rotatable bonds is 4. The minimum absolute atomic E-state index is 0.0849. The molecule has 126 valence electrons. The molecule has 0 unspecified atom stereocenters. The lowest BCUT2D eigenvalue weighted by Crippen LogP contribution is -2.51. The van der Waals surface area contributed by atoms with Gasteiger partial charge in [-0.2, -0.15) is 0 Å². The van der Waals surface area contributed by atoms with Gasteiger partial charge >= 0.3 is 0 Å². The Labute approximate surface area is 138 Å². The summed E-state index contributed by atoms with van der Waals surface area (Å²) in [6.07, 6.45) is 0. The fourth-order valence-corrected chi connectivity index (χ4v) is 2.16. The lowest BCUT2D eigenvalue weighted by atomic mass is 10.0. The molecule has 0 heterocycles. The van der Waals surface area contributed by atoms with Crippen LogP contribution in [0.2, 0.25) is 0 Å². The Bertz CT molecular complexity index is 630. The van der Waals surface area contributed by atoms with E-state index < -0.39 is 6.04 Å². The summed E-state index contributed by atoms with van der Waals surface area (Å²) in [6.45, 7) is 10.6. The number of Topliss-reactive ketones (excluding diaryl/α,β-unsaturated/α-hetero) is 1. The summed E-state index contributed by atoms with van der Waals surface area (Å²) in [5.74, 6) is -0.588. The first-order chi connectivity index (χ1) is 10.4. The van der Waals surface area contributed by atoms with Crippen molar-refractivity contribution in [3.05, 3.63) is 34.9 Å². The molecule has 5 nitrogen and oxygen atoms in total. The molecule has 1 aromatic carbocycles. The van der Waals surface area contributed by atoms with Crippen molar-refractivity contribution in [3.63, 3.8) is 0 Å². The predicted molar refractivity (Wildman–Crippen MR) is 90.6 cm³/mol. The Kier molecular flexibility index (Phi) is 5.70. The van der Waals surface area contributed by atoms with Gasteiger partial charge in [0.05, 0.1) is 0 Å². The van der Waals surface area contributed by atoms with Gasteiger partial charge in [0.2, 0.25) is 5.91 Å². The van der Waals surface area contributed by atoms with E-state index in [9.17, 15) is 14.4 Å². The number of benzene rings is 1. The molecule has 2 amide bonds. The molecule has 1 rings (SSSR count). The molecular weight excluding hydrogens is 292 g/mol. The van der Waals surface area contributed by atoms with E-state index in [0.717, 1.165) is 5.56 Å². The molecule has 0 aromatic heterocycles. The van der Waals surface area contributed by atoms with E-state index in [0.29, 0.717) is 11.1 Å². The summed E-state index contributed by atoms with van der Waals surface area (Å²) >= 11 is 0. The van der Waals surface area contributed by atoms with Crippen LogP contribution in [0.4, 0.5) is 0 Å². The molecule has 0 aliphatic rings. The van der Waals surface area contributed by atoms with E-state index in [1.165, 1.54) is 11.8 Å². The van der Waals surface area contributed by atoms with E-state index in [1.807, 2.05) is 27.7 Å². The van der Waals surface area contributed by atoms with Crippen LogP contribution in [-0.4, -0.2) is 41.1 Å². The average molecular weight is 318 g/mol. The molecule has 5 heteroatoms. The zero-order valence-electron chi connectivity index (χ0n) is 15.0. The Morgan fingerprint density at radius 3 is 2.22 bits per heavy atom. The SMILES string of the molecule is CC(=O)c1cc(C(=O)N(C)[C@@H](C)C(=O)NC(C)(C)C)ccc1C. The third-order valence-corrected chi connectivity index (χ3v) is 3.64. The Balaban J connectivity index is 2.98. The average Bonchev–Trinajstić information content (AvgIpc) is 2.43. The molecule has 0 fully saturated rings. The highest BCUT2D eigenvalue weighted by Crippen LogP contribution is 2.15. The van der Waals surface area contributed by atoms with Gasteiger partial charge in [-0.05, 0) is 59.2 Å². The maximum absolute atomic E-state index is 12.6. The largest absolute Gasteiger partial charge is 0.350 e. The van der Waals surface area contributed by atoms with Crippen molar-refractivity contribution in [1.82, 2.24) is 10.2 Å². The van der Waals surface area contributed by atoms with E-state index in [4.69, 9.17) is 0 Å². The molecular formula is C18H26N2O3. The van der Waals surface area contributed by atoms with E-state index >= 15 is 0 Å². The van der Waals surface area contributed by atoms with Gasteiger partial charge in [-0.25, -0.2) is 0 Å². The number of hydrogen-bond donors (Lipinski definition) is 1. The normalized spacial score (nSPS) is 12.5. The van der Waals surface area contributed by atoms with Crippen LogP contribution < -0.4 is 5.32 Å². The van der Waals surface area contributed by atoms with Crippen LogP contribution in [0.25, 0.3) is 0 Å². The smallest absolute Gasteiger partial charge is 0.254 e. The number of carbonyl (C=O) groups is 3. The van der Waals surface area contributed by atoms with Gasteiger partial charge in [0, 0.05) is 23.7 Å². The molecule has 0 aliphatic carbocycles. The molecule has 1 aromatic rings. The van der Waals surface area contributed by atoms with Crippen LogP contribution >= 0.6 is 0 Å². The van der Waals surface area contributed by atoms with E-state index in [1.54, 1.807) is 32.2 Å². The number of ketones is 1. The quantitative estimate of drug-likeness (QED) is 0.868. The second-order valence-electron chi connectivity index (χ2n) is 6.92. The molecule has 0 bridgehead atoms. The third-order valence-electron chi connectivity index (χ3n) is 3.64. The van der Waals surface area contributed by atoms with Crippen LogP contribution in [0.15, 0.2) is 18.2 Å². The van der Waals surface area contributed by atoms with Crippen LogP contribution in [-0.2, 0) is 4.79 Å². The van der Waals surface area contributed by atoms with Gasteiger partial charge in [-0.3, -0.25) is 14.4 Å². The predicted octanol–water partition coefficient (Wildman–Crippen LogP) is 2.57. The fraction of sp³-hybridized carbons (Fsp3) is 0.500. The van der Waals surface area contributed by atoms with E-state index in [2.05, 4.69) is 5.32 Å². The standard InChI is InChI=1S/C18H26N2O3/c1-11-8-9-14(10-15(11)13(3)21)17(23)20(7)12(2)16(22)19-18(4,5)6/h8-10,12H,1-7H3,(H,19,22)/t12-/m0/s1. The van der Waals surface area contributed by atoms with Crippen molar-refractivity contribution in [3.8, 4) is 0 Å². The highest BCUT2D eigenvalue weighted by molar-refractivity contribution is 6.01. The van der Waals surface area contributed by atoms with Crippen molar-refractivity contribution < 1.29 is 14.4 Å². The number of amides is 2. The topological polar surface area (TPSA) is 66.5 Å². The minimum atomic E-state index is -0.608. The second-order valence-corrected chi connectivity index (χ2v) is 6.92. The number of carbonyl (C=O) groups excluding carboxylic acids is 3. The number of hydrogen-bond acceptors (Lipinski definition) is 3. The first kappa shape index (κ1) is 18.9. The van der Waals surface area contributed by atoms with Gasteiger partial charge in [-0.1, -0.05) is 6.07 Å². The van der Waals surface area contributed by atoms with Crippen LogP contribution in [0.1, 0.15) is 60.9 Å². The molecule has 1 N–H and O–H groups in total. The second kappa shape index (κ2) is 6.94. The first-order valence-corrected chi connectivity index (χ1v) is 7.65. The number of nitrogens with one attached hydrogen (secondary N) is 1. The van der Waals surface area contributed by atoms with Crippen molar-refractivity contribution >= 4 is 17.6 Å². The summed E-state index contributed by atoms with van der Waals surface area (Å²) in [5.41, 5.74) is 1.39. The van der Waals surface area contributed by atoms with E-state index in [-0.39, 0.29) is 23.1 Å². The summed E-state index contributed by atoms with van der Waals surface area (Å²) in [5, 5.41) is 2.86. The maximum Gasteiger partial charge on any atom is 0.254 e. The summed E-state index contributed by atoms with van der Waals surface area (Å²) in [7, 11) is 1.59.